The third-order valence-electron chi connectivity index (χ3n) is 2.14. The Morgan fingerprint density at radius 2 is 2.07 bits per heavy atom. The highest BCUT2D eigenvalue weighted by molar-refractivity contribution is 7.71. The molecule has 2 aromatic rings. The maximum atomic E-state index is 12.9. The van der Waals surface area contributed by atoms with Crippen molar-refractivity contribution in [3.05, 3.63) is 46.4 Å². The number of halogens is 1. The Bertz CT molecular complexity index is 528. The highest BCUT2D eigenvalue weighted by Gasteiger charge is 2.03. The molecule has 4 heteroatoms. The average Bonchev–Trinajstić information content (AvgIpc) is 2.20. The number of aromatic amines is 1. The van der Waals surface area contributed by atoms with Gasteiger partial charge in [-0.3, -0.25) is 5.10 Å². The van der Waals surface area contributed by atoms with Crippen molar-refractivity contribution in [3.8, 4) is 11.3 Å². The number of nitrogens with one attached hydrogen (secondary N) is 1. The van der Waals surface area contributed by atoms with Gasteiger partial charge in [0.1, 0.15) is 10.5 Å². The molecule has 0 bridgehead atoms. The summed E-state index contributed by atoms with van der Waals surface area (Å²) in [5, 5.41) is 6.80. The molecule has 1 aromatic carbocycles. The van der Waals surface area contributed by atoms with Gasteiger partial charge in [-0.1, -0.05) is 12.2 Å². The van der Waals surface area contributed by atoms with Gasteiger partial charge in [0.15, 0.2) is 0 Å². The van der Waals surface area contributed by atoms with Gasteiger partial charge in [-0.25, -0.2) is 4.39 Å². The van der Waals surface area contributed by atoms with Crippen LogP contribution in [0.25, 0.3) is 11.3 Å². The average molecular weight is 220 g/mol. The molecule has 2 rings (SSSR count). The SMILES string of the molecule is Cc1cc(F)ccc1-c1ccc(=S)[nH]n1. The minimum Gasteiger partial charge on any atom is -0.267 e. The molecule has 2 nitrogen and oxygen atoms in total. The lowest BCUT2D eigenvalue weighted by molar-refractivity contribution is 0.627. The molecule has 1 heterocycles. The molecule has 0 amide bonds. The van der Waals surface area contributed by atoms with Gasteiger partial charge < -0.3 is 0 Å². The molecule has 0 saturated heterocycles. The van der Waals surface area contributed by atoms with Crippen LogP contribution < -0.4 is 0 Å². The topological polar surface area (TPSA) is 28.7 Å². The number of rotatable bonds is 1. The Morgan fingerprint density at radius 1 is 1.27 bits per heavy atom. The van der Waals surface area contributed by atoms with Crippen LogP contribution in [-0.4, -0.2) is 10.2 Å². The normalized spacial score (nSPS) is 10.3. The summed E-state index contributed by atoms with van der Waals surface area (Å²) in [5.74, 6) is -0.236. The molecule has 0 saturated carbocycles. The molecule has 0 aliphatic rings. The Kier molecular flexibility index (Phi) is 2.60. The lowest BCUT2D eigenvalue weighted by Crippen LogP contribution is -1.90. The second-order valence-electron chi connectivity index (χ2n) is 3.27. The highest BCUT2D eigenvalue weighted by atomic mass is 32.1. The van der Waals surface area contributed by atoms with Gasteiger partial charge in [0, 0.05) is 5.56 Å². The van der Waals surface area contributed by atoms with Crippen LogP contribution in [0.4, 0.5) is 4.39 Å². The van der Waals surface area contributed by atoms with Crippen molar-refractivity contribution in [1.29, 1.82) is 0 Å². The van der Waals surface area contributed by atoms with Gasteiger partial charge in [-0.05, 0) is 42.8 Å². The predicted molar refractivity (Wildman–Crippen MR) is 59.6 cm³/mol. The van der Waals surface area contributed by atoms with E-state index in [-0.39, 0.29) is 5.82 Å². The molecule has 76 valence electrons. The van der Waals surface area contributed by atoms with Gasteiger partial charge in [-0.2, -0.15) is 5.10 Å². The Morgan fingerprint density at radius 3 is 2.67 bits per heavy atom. The number of hydrogen-bond donors (Lipinski definition) is 1. The molecule has 15 heavy (non-hydrogen) atoms. The number of nitrogens with zero attached hydrogens (tertiary/aromatic N) is 1. The first-order valence-electron chi connectivity index (χ1n) is 4.49. The van der Waals surface area contributed by atoms with E-state index in [1.165, 1.54) is 12.1 Å². The van der Waals surface area contributed by atoms with E-state index < -0.39 is 0 Å². The van der Waals surface area contributed by atoms with E-state index in [1.54, 1.807) is 12.1 Å². The molecule has 0 fully saturated rings. The summed E-state index contributed by atoms with van der Waals surface area (Å²) in [5.41, 5.74) is 2.52. The highest BCUT2D eigenvalue weighted by Crippen LogP contribution is 2.20. The zero-order valence-corrected chi connectivity index (χ0v) is 8.94. The van der Waals surface area contributed by atoms with Crippen molar-refractivity contribution < 1.29 is 4.39 Å². The van der Waals surface area contributed by atoms with E-state index in [0.29, 0.717) is 4.64 Å². The van der Waals surface area contributed by atoms with E-state index in [1.807, 2.05) is 13.0 Å². The second-order valence-corrected chi connectivity index (χ2v) is 3.71. The van der Waals surface area contributed by atoms with Crippen LogP contribution >= 0.6 is 12.2 Å². The number of H-pyrrole nitrogens is 1. The Labute approximate surface area is 91.8 Å². The fourth-order valence-corrected chi connectivity index (χ4v) is 1.52. The number of benzene rings is 1. The molecular formula is C11H9FN2S. The van der Waals surface area contributed by atoms with Crippen LogP contribution in [0.5, 0.6) is 0 Å². The zero-order chi connectivity index (χ0) is 10.8. The first-order valence-corrected chi connectivity index (χ1v) is 4.90. The molecule has 0 atom stereocenters. The first-order chi connectivity index (χ1) is 7.16. The van der Waals surface area contributed by atoms with Crippen molar-refractivity contribution in [2.45, 2.75) is 6.92 Å². The molecular weight excluding hydrogens is 211 g/mol. The van der Waals surface area contributed by atoms with Gasteiger partial charge in [0.05, 0.1) is 5.69 Å². The van der Waals surface area contributed by atoms with E-state index in [0.717, 1.165) is 16.8 Å². The lowest BCUT2D eigenvalue weighted by Gasteiger charge is -2.04. The lowest BCUT2D eigenvalue weighted by atomic mass is 10.1. The fourth-order valence-electron chi connectivity index (χ4n) is 1.41. The standard InChI is InChI=1S/C11H9FN2S/c1-7-6-8(12)2-3-9(7)10-4-5-11(15)14-13-10/h2-6H,1H3,(H,14,15). The third kappa shape index (κ3) is 2.10. The largest absolute Gasteiger partial charge is 0.267 e. The summed E-state index contributed by atoms with van der Waals surface area (Å²) in [6, 6.07) is 8.20. The van der Waals surface area contributed by atoms with Crippen LogP contribution in [0.1, 0.15) is 5.56 Å². The van der Waals surface area contributed by atoms with E-state index in [4.69, 9.17) is 12.2 Å². The Balaban J connectivity index is 2.54. The smallest absolute Gasteiger partial charge is 0.123 e. The molecule has 0 radical (unpaired) electrons. The monoisotopic (exact) mass is 220 g/mol. The van der Waals surface area contributed by atoms with Crippen molar-refractivity contribution in [2.24, 2.45) is 0 Å². The van der Waals surface area contributed by atoms with Gasteiger partial charge in [-0.15, -0.1) is 0 Å². The van der Waals surface area contributed by atoms with Crippen LogP contribution in [-0.2, 0) is 0 Å². The van der Waals surface area contributed by atoms with Crippen molar-refractivity contribution in [2.75, 3.05) is 0 Å². The number of aryl methyl sites for hydroxylation is 1. The summed E-state index contributed by atoms with van der Waals surface area (Å²) in [6.07, 6.45) is 0. The summed E-state index contributed by atoms with van der Waals surface area (Å²) >= 11 is 4.90. The van der Waals surface area contributed by atoms with E-state index in [2.05, 4.69) is 10.2 Å². The van der Waals surface area contributed by atoms with Crippen molar-refractivity contribution >= 4 is 12.2 Å². The number of aromatic nitrogens is 2. The van der Waals surface area contributed by atoms with Crippen LogP contribution in [0.3, 0.4) is 0 Å². The van der Waals surface area contributed by atoms with Crippen molar-refractivity contribution in [1.82, 2.24) is 10.2 Å². The molecule has 0 aliphatic carbocycles. The molecule has 1 aromatic heterocycles. The van der Waals surface area contributed by atoms with Crippen LogP contribution in [0.15, 0.2) is 30.3 Å². The minimum atomic E-state index is -0.236. The quantitative estimate of drug-likeness (QED) is 0.747. The Hall–Kier alpha value is -1.55. The zero-order valence-electron chi connectivity index (χ0n) is 8.12. The first kappa shape index (κ1) is 9.98. The predicted octanol–water partition coefficient (Wildman–Crippen LogP) is 3.25. The van der Waals surface area contributed by atoms with Gasteiger partial charge in [0.25, 0.3) is 0 Å². The summed E-state index contributed by atoms with van der Waals surface area (Å²) in [4.78, 5) is 0. The maximum absolute atomic E-state index is 12.9. The summed E-state index contributed by atoms with van der Waals surface area (Å²) in [6.45, 7) is 1.85. The molecule has 0 spiro atoms. The van der Waals surface area contributed by atoms with E-state index in [9.17, 15) is 4.39 Å². The van der Waals surface area contributed by atoms with E-state index >= 15 is 0 Å². The van der Waals surface area contributed by atoms with Crippen LogP contribution in [0.2, 0.25) is 0 Å². The van der Waals surface area contributed by atoms with Gasteiger partial charge in [0.2, 0.25) is 0 Å². The maximum Gasteiger partial charge on any atom is 0.123 e. The van der Waals surface area contributed by atoms with Gasteiger partial charge >= 0.3 is 0 Å². The fraction of sp³-hybridized carbons (Fsp3) is 0.0909. The number of hydrogen-bond acceptors (Lipinski definition) is 2. The molecule has 1 N–H and O–H groups in total. The van der Waals surface area contributed by atoms with Crippen molar-refractivity contribution in [3.63, 3.8) is 0 Å². The second kappa shape index (κ2) is 3.90. The van der Waals surface area contributed by atoms with Crippen LogP contribution in [0, 0.1) is 17.4 Å². The minimum absolute atomic E-state index is 0.236. The molecule has 0 aliphatic heterocycles. The summed E-state index contributed by atoms with van der Waals surface area (Å²) in [7, 11) is 0. The third-order valence-corrected chi connectivity index (χ3v) is 2.37. The summed E-state index contributed by atoms with van der Waals surface area (Å²) < 4.78 is 13.5. The molecule has 0 unspecified atom stereocenters.